The third kappa shape index (κ3) is 6.17. The van der Waals surface area contributed by atoms with Crippen LogP contribution in [0.1, 0.15) is 50.1 Å². The zero-order valence-electron chi connectivity index (χ0n) is 22.2. The summed E-state index contributed by atoms with van der Waals surface area (Å²) < 4.78 is 40.3. The predicted molar refractivity (Wildman–Crippen MR) is 150 cm³/mol. The quantitative estimate of drug-likeness (QED) is 0.222. The highest BCUT2D eigenvalue weighted by Gasteiger charge is 2.25. The van der Waals surface area contributed by atoms with Gasteiger partial charge in [-0.3, -0.25) is 9.59 Å². The van der Waals surface area contributed by atoms with E-state index in [0.717, 1.165) is 61.0 Å². The maximum Gasteiger partial charge on any atom is 0.315 e. The van der Waals surface area contributed by atoms with Gasteiger partial charge in [0.15, 0.2) is 0 Å². The van der Waals surface area contributed by atoms with Gasteiger partial charge in [0.05, 0.1) is 23.0 Å². The fourth-order valence-corrected chi connectivity index (χ4v) is 6.05. The van der Waals surface area contributed by atoms with Crippen molar-refractivity contribution in [2.45, 2.75) is 56.1 Å². The summed E-state index contributed by atoms with van der Waals surface area (Å²) in [6, 6.07) is 22.6. The van der Waals surface area contributed by atoms with E-state index in [9.17, 15) is 18.0 Å². The first-order chi connectivity index (χ1) is 19.3. The average molecular weight is 562 g/mol. The monoisotopic (exact) mass is 561 g/mol. The van der Waals surface area contributed by atoms with Gasteiger partial charge in [-0.25, -0.2) is 18.1 Å². The van der Waals surface area contributed by atoms with Crippen LogP contribution >= 0.6 is 0 Å². The maximum atomic E-state index is 12.9. The normalized spacial score (nSPS) is 14.1. The summed E-state index contributed by atoms with van der Waals surface area (Å²) in [7, 11) is -3.08. The molecule has 0 bridgehead atoms. The Morgan fingerprint density at radius 3 is 2.40 bits per heavy atom. The van der Waals surface area contributed by atoms with Crippen LogP contribution in [-0.2, 0) is 31.0 Å². The number of hydrogen-bond donors (Lipinski definition) is 1. The zero-order chi connectivity index (χ0) is 28.1. The number of esters is 1. The number of benzene rings is 3. The molecule has 10 heteroatoms. The predicted octanol–water partition coefficient (Wildman–Crippen LogP) is 5.16. The molecule has 0 spiro atoms. The SMILES string of the molecule is COC(=O)CC(=O)NS(=O)(=O)c1ccc2c(c1)nc(-c1ccc(OCc3ccccc3)cc1)n2C1CCCCC1. The lowest BCUT2D eigenvalue weighted by Gasteiger charge is -2.25. The summed E-state index contributed by atoms with van der Waals surface area (Å²) in [4.78, 5) is 28.2. The highest BCUT2D eigenvalue weighted by atomic mass is 32.2. The molecule has 40 heavy (non-hydrogen) atoms. The molecule has 0 radical (unpaired) electrons. The molecule has 1 aliphatic carbocycles. The minimum Gasteiger partial charge on any atom is -0.489 e. The second-order valence-electron chi connectivity index (χ2n) is 9.83. The first-order valence-corrected chi connectivity index (χ1v) is 14.7. The summed E-state index contributed by atoms with van der Waals surface area (Å²) in [5, 5.41) is 0. The summed E-state index contributed by atoms with van der Waals surface area (Å²) in [5.74, 6) is -0.296. The van der Waals surface area contributed by atoms with Gasteiger partial charge < -0.3 is 14.0 Å². The topological polar surface area (TPSA) is 117 Å². The van der Waals surface area contributed by atoms with Gasteiger partial charge in [0.25, 0.3) is 10.0 Å². The number of imidazole rings is 1. The van der Waals surface area contributed by atoms with Crippen molar-refractivity contribution in [1.82, 2.24) is 14.3 Å². The molecule has 4 aromatic rings. The number of hydrogen-bond acceptors (Lipinski definition) is 7. The number of nitrogens with zero attached hydrogens (tertiary/aromatic N) is 2. The van der Waals surface area contributed by atoms with Gasteiger partial charge in [0, 0.05) is 11.6 Å². The molecular weight excluding hydrogens is 530 g/mol. The molecule has 1 aliphatic rings. The van der Waals surface area contributed by atoms with Crippen molar-refractivity contribution in [3.8, 4) is 17.1 Å². The van der Waals surface area contributed by atoms with Crippen LogP contribution in [0, 0.1) is 0 Å². The van der Waals surface area contributed by atoms with Crippen LogP contribution in [0.25, 0.3) is 22.4 Å². The minimum atomic E-state index is -4.21. The molecule has 0 unspecified atom stereocenters. The number of amides is 1. The largest absolute Gasteiger partial charge is 0.489 e. The van der Waals surface area contributed by atoms with Crippen molar-refractivity contribution in [3.05, 3.63) is 78.4 Å². The van der Waals surface area contributed by atoms with Crippen molar-refractivity contribution in [2.75, 3.05) is 7.11 Å². The Morgan fingerprint density at radius 1 is 0.975 bits per heavy atom. The zero-order valence-corrected chi connectivity index (χ0v) is 23.0. The molecule has 1 heterocycles. The lowest BCUT2D eigenvalue weighted by atomic mass is 9.95. The van der Waals surface area contributed by atoms with Crippen molar-refractivity contribution in [1.29, 1.82) is 0 Å². The molecule has 1 aromatic heterocycles. The molecule has 0 saturated heterocycles. The molecule has 0 aliphatic heterocycles. The first-order valence-electron chi connectivity index (χ1n) is 13.3. The van der Waals surface area contributed by atoms with Gasteiger partial charge in [-0.1, -0.05) is 49.6 Å². The third-order valence-electron chi connectivity index (χ3n) is 7.05. The summed E-state index contributed by atoms with van der Waals surface area (Å²) >= 11 is 0. The van der Waals surface area contributed by atoms with Crippen molar-refractivity contribution in [3.63, 3.8) is 0 Å². The summed E-state index contributed by atoms with van der Waals surface area (Å²) in [6.07, 6.45) is 4.77. The van der Waals surface area contributed by atoms with Crippen molar-refractivity contribution < 1.29 is 27.5 Å². The van der Waals surface area contributed by atoms with Gasteiger partial charge in [0.2, 0.25) is 5.91 Å². The van der Waals surface area contributed by atoms with Gasteiger partial charge in [0.1, 0.15) is 24.6 Å². The number of sulfonamides is 1. The van der Waals surface area contributed by atoms with E-state index in [0.29, 0.717) is 12.1 Å². The number of fused-ring (bicyclic) bond motifs is 1. The van der Waals surface area contributed by atoms with Crippen molar-refractivity contribution >= 4 is 32.9 Å². The fraction of sp³-hybridized carbons (Fsp3) is 0.300. The molecule has 5 rings (SSSR count). The number of rotatable bonds is 9. The molecule has 1 saturated carbocycles. The highest BCUT2D eigenvalue weighted by molar-refractivity contribution is 7.90. The molecule has 9 nitrogen and oxygen atoms in total. The Balaban J connectivity index is 1.45. The van der Waals surface area contributed by atoms with E-state index < -0.39 is 28.3 Å². The summed E-state index contributed by atoms with van der Waals surface area (Å²) in [6.45, 7) is 0.466. The number of aromatic nitrogens is 2. The summed E-state index contributed by atoms with van der Waals surface area (Å²) in [5.41, 5.74) is 3.31. The fourth-order valence-electron chi connectivity index (χ4n) is 5.05. The lowest BCUT2D eigenvalue weighted by molar-refractivity contribution is -0.143. The molecule has 0 atom stereocenters. The van der Waals surface area contributed by atoms with Crippen LogP contribution in [0.3, 0.4) is 0 Å². The Labute approximate surface area is 233 Å². The second-order valence-corrected chi connectivity index (χ2v) is 11.5. The molecule has 1 fully saturated rings. The van der Waals surface area contributed by atoms with E-state index in [4.69, 9.17) is 9.72 Å². The van der Waals surface area contributed by atoms with E-state index in [1.54, 1.807) is 6.07 Å². The van der Waals surface area contributed by atoms with Crippen LogP contribution in [-0.4, -0.2) is 37.0 Å². The molecule has 208 valence electrons. The number of carbonyl (C=O) groups excluding carboxylic acids is 2. The van der Waals surface area contributed by atoms with Crippen LogP contribution < -0.4 is 9.46 Å². The number of ether oxygens (including phenoxy) is 2. The smallest absolute Gasteiger partial charge is 0.315 e. The van der Waals surface area contributed by atoms with E-state index >= 15 is 0 Å². The van der Waals surface area contributed by atoms with Gasteiger partial charge >= 0.3 is 5.97 Å². The molecule has 3 aromatic carbocycles. The van der Waals surface area contributed by atoms with Crippen molar-refractivity contribution in [2.24, 2.45) is 0 Å². The number of methoxy groups -OCH3 is 1. The van der Waals surface area contributed by atoms with Crippen LogP contribution in [0.2, 0.25) is 0 Å². The Hall–Kier alpha value is -4.18. The van der Waals surface area contributed by atoms with Gasteiger partial charge in [-0.05, 0) is 60.9 Å². The standard InChI is InChI=1S/C30H31N3O6S/c1-38-29(35)19-28(34)32-40(36,37)25-16-17-27-26(18-25)31-30(33(27)23-10-6-3-7-11-23)22-12-14-24(15-13-22)39-20-21-8-4-2-5-9-21/h2,4-5,8-9,12-18,23H,3,6-7,10-11,19-20H2,1H3,(H,32,34). The molecular formula is C30H31N3O6S. The van der Waals surface area contributed by atoms with Crippen LogP contribution in [0.15, 0.2) is 77.7 Å². The van der Waals surface area contributed by atoms with Crippen LogP contribution in [0.4, 0.5) is 0 Å². The second kappa shape index (κ2) is 11.9. The number of carbonyl (C=O) groups is 2. The highest BCUT2D eigenvalue weighted by Crippen LogP contribution is 2.37. The van der Waals surface area contributed by atoms with E-state index in [1.807, 2.05) is 59.3 Å². The Bertz CT molecular complexity index is 1610. The Kier molecular flexibility index (Phi) is 8.16. The Morgan fingerprint density at radius 2 is 1.70 bits per heavy atom. The van der Waals surface area contributed by atoms with Gasteiger partial charge in [-0.2, -0.15) is 0 Å². The van der Waals surface area contributed by atoms with Crippen LogP contribution in [0.5, 0.6) is 5.75 Å². The minimum absolute atomic E-state index is 0.109. The van der Waals surface area contributed by atoms with E-state index in [1.165, 1.54) is 18.6 Å². The van der Waals surface area contributed by atoms with E-state index in [2.05, 4.69) is 9.30 Å². The molecule has 1 N–H and O–H groups in total. The first kappa shape index (κ1) is 27.4. The number of nitrogens with one attached hydrogen (secondary N) is 1. The lowest BCUT2D eigenvalue weighted by Crippen LogP contribution is -2.32. The third-order valence-corrected chi connectivity index (χ3v) is 8.42. The average Bonchev–Trinajstić information content (AvgIpc) is 3.36. The maximum absolute atomic E-state index is 12.9. The van der Waals surface area contributed by atoms with E-state index in [-0.39, 0.29) is 10.9 Å². The van der Waals surface area contributed by atoms with Gasteiger partial charge in [-0.15, -0.1) is 0 Å². The molecule has 1 amide bonds.